The number of fused-ring (bicyclic) bond motifs is 1. The van der Waals surface area contributed by atoms with Gasteiger partial charge in [-0.3, -0.25) is 19.2 Å². The Morgan fingerprint density at radius 3 is 2.45 bits per heavy atom. The Morgan fingerprint density at radius 2 is 1.71 bits per heavy atom. The maximum atomic E-state index is 14.4. The summed E-state index contributed by atoms with van der Waals surface area (Å²) in [5.41, 5.74) is 7.06. The highest BCUT2D eigenvalue weighted by molar-refractivity contribution is 6.42. The number of nitrogens with one attached hydrogen (secondary N) is 1. The van der Waals surface area contributed by atoms with Gasteiger partial charge in [0.25, 0.3) is 5.91 Å². The third-order valence-corrected chi connectivity index (χ3v) is 11.3. The lowest BCUT2D eigenvalue weighted by molar-refractivity contribution is -0.136. The van der Waals surface area contributed by atoms with Crippen LogP contribution in [-0.2, 0) is 20.8 Å². The van der Waals surface area contributed by atoms with E-state index in [1.54, 1.807) is 59.5 Å². The molecule has 1 fully saturated rings. The summed E-state index contributed by atoms with van der Waals surface area (Å²) in [6.07, 6.45) is 4.97. The Morgan fingerprint density at radius 1 is 0.946 bits per heavy atom. The summed E-state index contributed by atoms with van der Waals surface area (Å²) in [4.78, 5) is 55.8. The average molecular weight is 812 g/mol. The second-order valence-electron chi connectivity index (χ2n) is 14.6. The van der Waals surface area contributed by atoms with Crippen LogP contribution >= 0.6 is 23.2 Å². The normalized spacial score (nSPS) is 18.3. The van der Waals surface area contributed by atoms with Crippen molar-refractivity contribution in [3.8, 4) is 11.5 Å². The van der Waals surface area contributed by atoms with Crippen molar-refractivity contribution in [3.63, 3.8) is 0 Å². The number of carbonyl (C=O) groups is 4. The third-order valence-electron chi connectivity index (χ3n) is 10.5. The fraction of sp³-hybridized carbons (Fsp3) is 0.381. The smallest absolute Gasteiger partial charge is 0.412 e. The molecule has 0 saturated heterocycles. The van der Waals surface area contributed by atoms with Gasteiger partial charge < -0.3 is 25.6 Å². The Kier molecular flexibility index (Phi) is 13.1. The van der Waals surface area contributed by atoms with Crippen LogP contribution in [0.1, 0.15) is 78.9 Å². The maximum Gasteiger partial charge on any atom is 0.412 e. The minimum Gasteiger partial charge on any atom is -0.457 e. The van der Waals surface area contributed by atoms with Gasteiger partial charge in [0.2, 0.25) is 17.7 Å². The van der Waals surface area contributed by atoms with Crippen molar-refractivity contribution >= 4 is 52.5 Å². The van der Waals surface area contributed by atoms with Gasteiger partial charge >= 0.3 is 6.18 Å². The fourth-order valence-corrected chi connectivity index (χ4v) is 7.99. The minimum absolute atomic E-state index is 0.0822. The zero-order valence-electron chi connectivity index (χ0n) is 30.6. The molecule has 1 aliphatic heterocycles. The molecule has 14 heteroatoms. The van der Waals surface area contributed by atoms with Crippen molar-refractivity contribution in [3.05, 3.63) is 111 Å². The monoisotopic (exact) mass is 810 g/mol. The number of carbonyl (C=O) groups excluding carboxylic acids is 4. The maximum absolute atomic E-state index is 14.4. The number of rotatable bonds is 14. The van der Waals surface area contributed by atoms with E-state index in [-0.39, 0.29) is 37.7 Å². The summed E-state index contributed by atoms with van der Waals surface area (Å²) >= 11 is 12.3. The number of hydrogen-bond donors (Lipinski definition) is 2. The van der Waals surface area contributed by atoms with Gasteiger partial charge in [-0.15, -0.1) is 0 Å². The number of alkyl halides is 3. The number of amides is 4. The van der Waals surface area contributed by atoms with E-state index in [0.29, 0.717) is 57.1 Å². The molecule has 2 atom stereocenters. The number of ether oxygens (including phenoxy) is 1. The van der Waals surface area contributed by atoms with Crippen molar-refractivity contribution in [1.82, 2.24) is 9.80 Å². The summed E-state index contributed by atoms with van der Waals surface area (Å²) in [7, 11) is 0. The van der Waals surface area contributed by atoms with E-state index in [1.807, 2.05) is 12.1 Å². The quantitative estimate of drug-likeness (QED) is 0.168. The number of nitrogens with zero attached hydrogens (tertiary/aromatic N) is 2. The van der Waals surface area contributed by atoms with E-state index in [1.165, 1.54) is 18.9 Å². The van der Waals surface area contributed by atoms with E-state index in [4.69, 9.17) is 33.7 Å². The number of hydrogen-bond acceptors (Lipinski definition) is 5. The highest BCUT2D eigenvalue weighted by Crippen LogP contribution is 2.38. The van der Waals surface area contributed by atoms with E-state index in [0.717, 1.165) is 35.8 Å². The first-order chi connectivity index (χ1) is 26.7. The van der Waals surface area contributed by atoms with Gasteiger partial charge in [0, 0.05) is 48.8 Å². The number of primary amides is 1. The predicted molar refractivity (Wildman–Crippen MR) is 208 cm³/mol. The van der Waals surface area contributed by atoms with E-state index in [9.17, 15) is 32.3 Å². The zero-order chi connectivity index (χ0) is 40.0. The summed E-state index contributed by atoms with van der Waals surface area (Å²) in [6, 6.07) is 16.7. The van der Waals surface area contributed by atoms with Crippen LogP contribution in [0.2, 0.25) is 10.0 Å². The van der Waals surface area contributed by atoms with Crippen molar-refractivity contribution in [2.75, 3.05) is 25.0 Å². The molecule has 3 aromatic rings. The van der Waals surface area contributed by atoms with Crippen LogP contribution in [0.15, 0.2) is 84.5 Å². The van der Waals surface area contributed by atoms with Crippen molar-refractivity contribution in [2.45, 2.75) is 70.0 Å². The first-order valence-corrected chi connectivity index (χ1v) is 19.5. The number of anilines is 1. The zero-order valence-corrected chi connectivity index (χ0v) is 32.1. The molecule has 9 nitrogen and oxygen atoms in total. The Bertz CT molecular complexity index is 2030. The summed E-state index contributed by atoms with van der Waals surface area (Å²) in [6.45, 7) is -0.739. The van der Waals surface area contributed by atoms with E-state index < -0.39 is 42.1 Å². The molecule has 0 spiro atoms. The van der Waals surface area contributed by atoms with Gasteiger partial charge in [-0.2, -0.15) is 13.2 Å². The molecule has 6 rings (SSSR count). The van der Waals surface area contributed by atoms with Gasteiger partial charge in [0.05, 0.1) is 22.6 Å². The van der Waals surface area contributed by atoms with E-state index >= 15 is 0 Å². The molecule has 0 bridgehead atoms. The van der Waals surface area contributed by atoms with Crippen molar-refractivity contribution in [2.24, 2.45) is 17.6 Å². The second kappa shape index (κ2) is 18.0. The van der Waals surface area contributed by atoms with E-state index in [2.05, 4.69) is 5.32 Å². The predicted octanol–water partition coefficient (Wildman–Crippen LogP) is 9.20. The van der Waals surface area contributed by atoms with Gasteiger partial charge in [-0.1, -0.05) is 85.3 Å². The molecule has 1 saturated carbocycles. The highest BCUT2D eigenvalue weighted by atomic mass is 35.5. The van der Waals surface area contributed by atoms with Crippen LogP contribution in [0.5, 0.6) is 11.5 Å². The second-order valence-corrected chi connectivity index (χ2v) is 15.4. The largest absolute Gasteiger partial charge is 0.457 e. The SMILES string of the molecule is NC(=O)CN(CC1C=CC=C(C(F)(F)F)C1)C(=O)CCN1C(=O)c2cc(NC(=O)CCC3CCCC3)ccc2CC1c1cccc(Oc2ccc(Cl)c(Cl)c2)c1. The van der Waals surface area contributed by atoms with Crippen LogP contribution in [0, 0.1) is 11.8 Å². The summed E-state index contributed by atoms with van der Waals surface area (Å²) < 4.78 is 46.5. The molecule has 3 aliphatic rings. The molecule has 0 aromatic heterocycles. The van der Waals surface area contributed by atoms with Crippen LogP contribution < -0.4 is 15.8 Å². The standard InChI is InChI=1S/C42H43Cl2F3N4O5/c43-35-15-14-33(23-36(35)44)56-32-10-4-8-29(20-32)37-21-28-12-13-31(49-39(53)16-11-26-5-1-2-6-26)22-34(28)41(55)51(37)18-17-40(54)50(25-38(48)52)24-27-7-3-9-30(19-27)42(45,46)47/h3-4,7-10,12-15,20,22-23,26-27,37H,1-2,5-6,11,16-19,21,24-25H2,(H2,48,52)(H,49,53). The lowest BCUT2D eigenvalue weighted by Gasteiger charge is -2.38. The van der Waals surface area contributed by atoms with Gasteiger partial charge in [-0.05, 0) is 78.6 Å². The van der Waals surface area contributed by atoms with Crippen LogP contribution in [0.3, 0.4) is 0 Å². The van der Waals surface area contributed by atoms with Crippen LogP contribution in [-0.4, -0.2) is 59.2 Å². The van der Waals surface area contributed by atoms with Gasteiger partial charge in [-0.25, -0.2) is 0 Å². The van der Waals surface area contributed by atoms with Crippen molar-refractivity contribution in [1.29, 1.82) is 0 Å². The fourth-order valence-electron chi connectivity index (χ4n) is 7.70. The Labute approximate surface area is 333 Å². The van der Waals surface area contributed by atoms with Gasteiger partial charge in [0.1, 0.15) is 11.5 Å². The molecule has 2 aliphatic carbocycles. The highest BCUT2D eigenvalue weighted by Gasteiger charge is 2.37. The molecular weight excluding hydrogens is 768 g/mol. The molecule has 3 aromatic carbocycles. The number of nitrogens with two attached hydrogens (primary N) is 1. The van der Waals surface area contributed by atoms with Crippen molar-refractivity contribution < 1.29 is 37.1 Å². The molecule has 2 unspecified atom stereocenters. The lowest BCUT2D eigenvalue weighted by Crippen LogP contribution is -2.45. The molecule has 56 heavy (non-hydrogen) atoms. The average Bonchev–Trinajstić information content (AvgIpc) is 3.69. The molecule has 0 radical (unpaired) electrons. The first-order valence-electron chi connectivity index (χ1n) is 18.7. The Balaban J connectivity index is 1.23. The summed E-state index contributed by atoms with van der Waals surface area (Å²) in [5, 5.41) is 3.63. The van der Waals surface area contributed by atoms with Gasteiger partial charge in [0.15, 0.2) is 0 Å². The lowest BCUT2D eigenvalue weighted by atomic mass is 9.88. The number of halogens is 5. The molecule has 3 N–H and O–H groups in total. The summed E-state index contributed by atoms with van der Waals surface area (Å²) in [5.74, 6) is -1.09. The minimum atomic E-state index is -4.52. The molecule has 4 amide bonds. The molecular formula is C42H43Cl2F3N4O5. The molecule has 296 valence electrons. The first kappa shape index (κ1) is 40.8. The number of allylic oxidation sites excluding steroid dienone is 3. The number of benzene rings is 3. The Hall–Kier alpha value is -4.81. The topological polar surface area (TPSA) is 122 Å². The van der Waals surface area contributed by atoms with Crippen LogP contribution in [0.4, 0.5) is 18.9 Å². The van der Waals surface area contributed by atoms with Crippen LogP contribution in [0.25, 0.3) is 0 Å². The molecule has 1 heterocycles. The third kappa shape index (κ3) is 10.5.